The van der Waals surface area contributed by atoms with Gasteiger partial charge in [-0.1, -0.05) is 0 Å². The normalized spacial score (nSPS) is 6.18. The minimum Gasteiger partial charge on any atom is -0.389 e. The van der Waals surface area contributed by atoms with E-state index in [1.807, 2.05) is 0 Å². The summed E-state index contributed by atoms with van der Waals surface area (Å²) in [5, 5.41) is 7.79. The van der Waals surface area contributed by atoms with Gasteiger partial charge in [0, 0.05) is 0 Å². The molecule has 0 aliphatic carbocycles. The van der Waals surface area contributed by atoms with E-state index in [1.165, 1.54) is 20.8 Å². The first-order chi connectivity index (χ1) is 5.00. The minimum atomic E-state index is -0.333. The molecule has 0 heterocycles. The van der Waals surface area contributed by atoms with Crippen molar-refractivity contribution in [1.29, 1.82) is 0 Å². The molecule has 0 atom stereocenters. The highest BCUT2D eigenvalue weighted by atomic mass is 16.3. The Morgan fingerprint density at radius 3 is 1.27 bits per heavy atom. The third kappa shape index (κ3) is 414. The van der Waals surface area contributed by atoms with Crippen LogP contribution in [0.4, 0.5) is 0 Å². The second kappa shape index (κ2) is 16.0. The molecule has 0 bridgehead atoms. The first-order valence-electron chi connectivity index (χ1n) is 3.08. The van der Waals surface area contributed by atoms with Crippen molar-refractivity contribution in [2.45, 2.75) is 20.8 Å². The highest BCUT2D eigenvalue weighted by Crippen LogP contribution is 1.55. The van der Waals surface area contributed by atoms with Crippen molar-refractivity contribution in [2.75, 3.05) is 6.61 Å². The van der Waals surface area contributed by atoms with Gasteiger partial charge in [-0.25, -0.2) is 0 Å². The van der Waals surface area contributed by atoms with E-state index in [-0.39, 0.29) is 18.2 Å². The molecular formula is C8H16O3. The van der Waals surface area contributed by atoms with E-state index in [9.17, 15) is 9.59 Å². The van der Waals surface area contributed by atoms with E-state index in [4.69, 9.17) is 5.11 Å². The maximum Gasteiger partial charge on any atom is 0.155 e. The molecule has 0 rings (SSSR count). The Bertz CT molecular complexity index is 104. The van der Waals surface area contributed by atoms with Gasteiger partial charge in [-0.15, -0.1) is 13.2 Å². The Hall–Kier alpha value is -0.960. The predicted octanol–water partition coefficient (Wildman–Crippen LogP) is 0.965. The van der Waals surface area contributed by atoms with Gasteiger partial charge >= 0.3 is 0 Å². The largest absolute Gasteiger partial charge is 0.389 e. The molecular weight excluding hydrogens is 144 g/mol. The second-order valence-corrected chi connectivity index (χ2v) is 1.77. The number of hydrogen-bond acceptors (Lipinski definition) is 3. The van der Waals surface area contributed by atoms with Crippen LogP contribution in [-0.4, -0.2) is 23.3 Å². The zero-order valence-corrected chi connectivity index (χ0v) is 7.39. The predicted molar refractivity (Wildman–Crippen MR) is 45.4 cm³/mol. The average molecular weight is 160 g/mol. The number of ketones is 2. The molecule has 3 nitrogen and oxygen atoms in total. The maximum atomic E-state index is 9.56. The summed E-state index contributed by atoms with van der Waals surface area (Å²) in [6, 6.07) is 0. The van der Waals surface area contributed by atoms with Crippen molar-refractivity contribution >= 4 is 11.6 Å². The fourth-order valence-corrected chi connectivity index (χ4v) is 0. The summed E-state index contributed by atoms with van der Waals surface area (Å²) in [7, 11) is 0. The van der Waals surface area contributed by atoms with Crippen molar-refractivity contribution in [1.82, 2.24) is 0 Å². The summed E-state index contributed by atoms with van der Waals surface area (Å²) in [6.07, 6.45) is 0. The molecule has 0 aromatic carbocycles. The van der Waals surface area contributed by atoms with Crippen LogP contribution in [-0.2, 0) is 9.59 Å². The monoisotopic (exact) mass is 160 g/mol. The number of hydrogen-bond donors (Lipinski definition) is 1. The zero-order valence-electron chi connectivity index (χ0n) is 7.39. The van der Waals surface area contributed by atoms with E-state index >= 15 is 0 Å². The summed E-state index contributed by atoms with van der Waals surface area (Å²) < 4.78 is 0. The first-order valence-corrected chi connectivity index (χ1v) is 3.08. The Morgan fingerprint density at radius 1 is 1.18 bits per heavy atom. The standard InChI is InChI=1S/C3H6O2.C3H6O.C2H4/c1-3(5)2-4;1-3(2)4;1-2/h4H,2H2,1H3;1-2H3;1-2H2. The zero-order chi connectivity index (χ0) is 9.86. The fourth-order valence-electron chi connectivity index (χ4n) is 0. The lowest BCUT2D eigenvalue weighted by Crippen LogP contribution is -1.93. The smallest absolute Gasteiger partial charge is 0.155 e. The Kier molecular flexibility index (Phi) is 24.1. The molecule has 0 saturated heterocycles. The quantitative estimate of drug-likeness (QED) is 0.581. The van der Waals surface area contributed by atoms with Gasteiger partial charge in [0.1, 0.15) is 12.4 Å². The highest BCUT2D eigenvalue weighted by molar-refractivity contribution is 5.76. The van der Waals surface area contributed by atoms with Gasteiger partial charge < -0.3 is 9.90 Å². The van der Waals surface area contributed by atoms with Crippen LogP contribution in [0.2, 0.25) is 0 Å². The van der Waals surface area contributed by atoms with Crippen LogP contribution in [0, 0.1) is 0 Å². The van der Waals surface area contributed by atoms with Gasteiger partial charge in [0.25, 0.3) is 0 Å². The van der Waals surface area contributed by atoms with Gasteiger partial charge in [-0.2, -0.15) is 0 Å². The lowest BCUT2D eigenvalue weighted by atomic mass is 10.5. The van der Waals surface area contributed by atoms with Crippen molar-refractivity contribution in [3.05, 3.63) is 13.2 Å². The molecule has 0 fully saturated rings. The van der Waals surface area contributed by atoms with Gasteiger partial charge in [0.15, 0.2) is 5.78 Å². The fraction of sp³-hybridized carbons (Fsp3) is 0.500. The van der Waals surface area contributed by atoms with Crippen LogP contribution in [0.15, 0.2) is 13.2 Å². The molecule has 0 aromatic heterocycles. The molecule has 0 unspecified atom stereocenters. The third-order valence-corrected chi connectivity index (χ3v) is 0.223. The van der Waals surface area contributed by atoms with Crippen molar-refractivity contribution in [3.8, 4) is 0 Å². The number of carbonyl (C=O) groups is 2. The molecule has 3 heteroatoms. The van der Waals surface area contributed by atoms with E-state index in [2.05, 4.69) is 13.2 Å². The lowest BCUT2D eigenvalue weighted by Gasteiger charge is -1.72. The summed E-state index contributed by atoms with van der Waals surface area (Å²) in [4.78, 5) is 19.0. The van der Waals surface area contributed by atoms with Gasteiger partial charge in [0.05, 0.1) is 0 Å². The van der Waals surface area contributed by atoms with Crippen LogP contribution >= 0.6 is 0 Å². The number of carbonyl (C=O) groups excluding carboxylic acids is 2. The number of aliphatic hydroxyl groups excluding tert-OH is 1. The molecule has 1 N–H and O–H groups in total. The maximum absolute atomic E-state index is 9.56. The second-order valence-electron chi connectivity index (χ2n) is 1.77. The van der Waals surface area contributed by atoms with Crippen molar-refractivity contribution in [3.63, 3.8) is 0 Å². The Labute approximate surface area is 67.7 Å². The lowest BCUT2D eigenvalue weighted by molar-refractivity contribution is -0.119. The highest BCUT2D eigenvalue weighted by Gasteiger charge is 1.78. The number of rotatable bonds is 1. The van der Waals surface area contributed by atoms with Crippen LogP contribution in [0.25, 0.3) is 0 Å². The first kappa shape index (κ1) is 16.6. The Morgan fingerprint density at radius 2 is 1.27 bits per heavy atom. The third-order valence-electron chi connectivity index (χ3n) is 0.223. The number of Topliss-reactive ketones (excluding diaryl/α,β-unsaturated/α-hetero) is 2. The Balaban J connectivity index is -0.0000000965. The molecule has 0 radical (unpaired) electrons. The van der Waals surface area contributed by atoms with Crippen molar-refractivity contribution in [2.24, 2.45) is 0 Å². The van der Waals surface area contributed by atoms with Gasteiger partial charge in [-0.05, 0) is 20.8 Å². The topological polar surface area (TPSA) is 54.4 Å². The molecule has 0 aliphatic rings. The minimum absolute atomic E-state index is 0.167. The van der Waals surface area contributed by atoms with Crippen LogP contribution in [0.1, 0.15) is 20.8 Å². The van der Waals surface area contributed by atoms with Gasteiger partial charge in [0.2, 0.25) is 0 Å². The van der Waals surface area contributed by atoms with E-state index in [0.717, 1.165) is 0 Å². The summed E-state index contributed by atoms with van der Waals surface area (Å²) >= 11 is 0. The van der Waals surface area contributed by atoms with E-state index in [1.54, 1.807) is 0 Å². The molecule has 11 heavy (non-hydrogen) atoms. The summed E-state index contributed by atoms with van der Waals surface area (Å²) in [5.41, 5.74) is 0. The SMILES string of the molecule is C=C.CC(=O)CO.CC(C)=O. The van der Waals surface area contributed by atoms with Crippen LogP contribution < -0.4 is 0 Å². The summed E-state index contributed by atoms with van der Waals surface area (Å²) in [5.74, 6) is -0.0231. The average Bonchev–Trinajstić information content (AvgIpc) is 1.91. The van der Waals surface area contributed by atoms with Crippen LogP contribution in [0.3, 0.4) is 0 Å². The molecule has 0 aliphatic heterocycles. The van der Waals surface area contributed by atoms with Crippen molar-refractivity contribution < 1.29 is 14.7 Å². The van der Waals surface area contributed by atoms with Gasteiger partial charge in [-0.3, -0.25) is 4.79 Å². The summed E-state index contributed by atoms with van der Waals surface area (Å²) in [6.45, 7) is 10.1. The molecule has 66 valence electrons. The molecule has 0 saturated carbocycles. The number of aliphatic hydroxyl groups is 1. The van der Waals surface area contributed by atoms with E-state index < -0.39 is 0 Å². The van der Waals surface area contributed by atoms with E-state index in [0.29, 0.717) is 0 Å². The van der Waals surface area contributed by atoms with Crippen LogP contribution in [0.5, 0.6) is 0 Å². The molecule has 0 amide bonds. The molecule has 0 spiro atoms. The molecule has 0 aromatic rings.